The molecule has 0 amide bonds. The second-order valence-corrected chi connectivity index (χ2v) is 7.53. The fraction of sp³-hybridized carbons (Fsp3) is 0.778. The third-order valence-corrected chi connectivity index (χ3v) is 5.71. The summed E-state index contributed by atoms with van der Waals surface area (Å²) in [6, 6.07) is 0. The summed E-state index contributed by atoms with van der Waals surface area (Å²) in [6.45, 7) is 2.25. The van der Waals surface area contributed by atoms with E-state index in [9.17, 15) is 0 Å². The Bertz CT molecular complexity index is 307. The molecule has 1 aromatic rings. The van der Waals surface area contributed by atoms with Crippen LogP contribution in [-0.2, 0) is 0 Å². The van der Waals surface area contributed by atoms with E-state index < -0.39 is 0 Å². The Labute approximate surface area is 108 Å². The highest BCUT2D eigenvalue weighted by Gasteiger charge is 1.98. The Kier molecular flexibility index (Phi) is 7.78. The monoisotopic (exact) mass is 280 g/mol. The van der Waals surface area contributed by atoms with Crippen molar-refractivity contribution in [3.63, 3.8) is 0 Å². The molecule has 2 nitrogen and oxygen atoms in total. The van der Waals surface area contributed by atoms with Crippen LogP contribution in [0.5, 0.6) is 0 Å². The van der Waals surface area contributed by atoms with E-state index in [-0.39, 0.29) is 0 Å². The van der Waals surface area contributed by atoms with Crippen LogP contribution >= 0.6 is 45.1 Å². The molecule has 0 aliphatic rings. The fourth-order valence-electron chi connectivity index (χ4n) is 1.11. The van der Waals surface area contributed by atoms with Crippen LogP contribution in [0.2, 0.25) is 0 Å². The minimum atomic E-state index is 0.765. The molecule has 0 saturated carbocycles. The van der Waals surface area contributed by atoms with Gasteiger partial charge in [0.2, 0.25) is 0 Å². The maximum atomic E-state index is 4.96. The van der Waals surface area contributed by atoms with Gasteiger partial charge in [0.1, 0.15) is 0 Å². The minimum Gasteiger partial charge on any atom is -0.257 e. The third kappa shape index (κ3) is 6.60. The molecule has 86 valence electrons. The van der Waals surface area contributed by atoms with Gasteiger partial charge in [-0.1, -0.05) is 54.7 Å². The second kappa shape index (κ2) is 8.61. The number of unbranched alkanes of at least 4 members (excludes halogenated alkanes) is 4. The summed E-state index contributed by atoms with van der Waals surface area (Å²) in [5.74, 6) is 1.21. The van der Waals surface area contributed by atoms with E-state index in [1.807, 2.05) is 10.8 Å². The molecule has 0 bridgehead atoms. The Hall–Kier alpha value is 0.480. The number of H-pyrrole nitrogens is 1. The van der Waals surface area contributed by atoms with Crippen molar-refractivity contribution in [1.29, 1.82) is 0 Å². The van der Waals surface area contributed by atoms with Crippen LogP contribution in [0.1, 0.15) is 39.0 Å². The maximum absolute atomic E-state index is 4.96. The second-order valence-electron chi connectivity index (χ2n) is 3.20. The summed E-state index contributed by atoms with van der Waals surface area (Å²) in [4.78, 5) is 0. The Morgan fingerprint density at radius 1 is 1.33 bits per heavy atom. The Balaban J connectivity index is 1.95. The van der Waals surface area contributed by atoms with E-state index >= 15 is 0 Å². The summed E-state index contributed by atoms with van der Waals surface area (Å²) in [7, 11) is 3.61. The van der Waals surface area contributed by atoms with Crippen LogP contribution in [-0.4, -0.2) is 16.0 Å². The smallest absolute Gasteiger partial charge is 0.183 e. The van der Waals surface area contributed by atoms with Gasteiger partial charge in [0, 0.05) is 5.75 Å². The molecular weight excluding hydrogens is 264 g/mol. The Morgan fingerprint density at radius 2 is 2.13 bits per heavy atom. The van der Waals surface area contributed by atoms with Gasteiger partial charge < -0.3 is 0 Å². The predicted octanol–water partition coefficient (Wildman–Crippen LogP) is 4.91. The normalized spacial score (nSPS) is 10.7. The van der Waals surface area contributed by atoms with E-state index in [1.54, 1.807) is 22.1 Å². The van der Waals surface area contributed by atoms with Crippen molar-refractivity contribution in [2.45, 2.75) is 43.4 Å². The van der Waals surface area contributed by atoms with Gasteiger partial charge in [0.25, 0.3) is 0 Å². The highest BCUT2D eigenvalue weighted by atomic mass is 33.1. The van der Waals surface area contributed by atoms with E-state index in [0.717, 1.165) is 8.29 Å². The molecule has 0 radical (unpaired) electrons. The van der Waals surface area contributed by atoms with E-state index in [1.165, 1.54) is 37.9 Å². The van der Waals surface area contributed by atoms with Gasteiger partial charge in [-0.15, -0.1) is 0 Å². The first-order valence-electron chi connectivity index (χ1n) is 5.18. The lowest BCUT2D eigenvalue weighted by molar-refractivity contribution is 0.660. The van der Waals surface area contributed by atoms with Crippen LogP contribution in [0.4, 0.5) is 0 Å². The number of aromatic nitrogens is 2. The molecule has 1 rings (SSSR count). The lowest BCUT2D eigenvalue weighted by Crippen LogP contribution is -1.79. The van der Waals surface area contributed by atoms with Crippen molar-refractivity contribution in [1.82, 2.24) is 10.2 Å². The molecule has 1 aromatic heterocycles. The van der Waals surface area contributed by atoms with Crippen molar-refractivity contribution >= 4 is 45.1 Å². The standard InChI is InChI=1S/C9H16N2S4/c1-2-3-4-5-6-7-13-15-9-11-10-8(12)14-9/h2-7H2,1H3,(H,10,12). The first kappa shape index (κ1) is 13.5. The van der Waals surface area contributed by atoms with Crippen molar-refractivity contribution in [3.8, 4) is 0 Å². The van der Waals surface area contributed by atoms with Crippen molar-refractivity contribution < 1.29 is 0 Å². The summed E-state index contributed by atoms with van der Waals surface area (Å²) in [6.07, 6.45) is 6.74. The number of hydrogen-bond donors (Lipinski definition) is 1. The first-order chi connectivity index (χ1) is 7.33. The van der Waals surface area contributed by atoms with Gasteiger partial charge in [-0.3, -0.25) is 5.10 Å². The first-order valence-corrected chi connectivity index (χ1v) is 8.72. The molecule has 0 saturated heterocycles. The van der Waals surface area contributed by atoms with Crippen LogP contribution in [0, 0.1) is 3.95 Å². The summed E-state index contributed by atoms with van der Waals surface area (Å²) < 4.78 is 1.81. The Morgan fingerprint density at radius 3 is 2.80 bits per heavy atom. The minimum absolute atomic E-state index is 0.765. The highest BCUT2D eigenvalue weighted by Crippen LogP contribution is 2.32. The number of hydrogen-bond acceptors (Lipinski definition) is 5. The molecule has 6 heteroatoms. The zero-order valence-electron chi connectivity index (χ0n) is 8.82. The molecule has 15 heavy (non-hydrogen) atoms. The van der Waals surface area contributed by atoms with Gasteiger partial charge >= 0.3 is 0 Å². The maximum Gasteiger partial charge on any atom is 0.183 e. The average Bonchev–Trinajstić information content (AvgIpc) is 2.63. The molecule has 0 unspecified atom stereocenters. The molecule has 0 fully saturated rings. The molecule has 0 spiro atoms. The molecule has 0 aliphatic heterocycles. The van der Waals surface area contributed by atoms with E-state index in [2.05, 4.69) is 17.1 Å². The topological polar surface area (TPSA) is 28.7 Å². The van der Waals surface area contributed by atoms with E-state index in [4.69, 9.17) is 12.2 Å². The van der Waals surface area contributed by atoms with Crippen LogP contribution in [0.15, 0.2) is 4.34 Å². The number of aromatic amines is 1. The number of nitrogens with one attached hydrogen (secondary N) is 1. The fourth-order valence-corrected chi connectivity index (χ4v) is 4.62. The molecule has 1 N–H and O–H groups in total. The summed E-state index contributed by atoms with van der Waals surface area (Å²) in [5, 5.41) is 6.88. The van der Waals surface area contributed by atoms with Gasteiger partial charge in [-0.25, -0.2) is 0 Å². The lowest BCUT2D eigenvalue weighted by atomic mass is 10.2. The average molecular weight is 281 g/mol. The number of nitrogens with zero attached hydrogens (tertiary/aromatic N) is 1. The summed E-state index contributed by atoms with van der Waals surface area (Å²) >= 11 is 6.51. The van der Waals surface area contributed by atoms with Crippen LogP contribution < -0.4 is 0 Å². The quantitative estimate of drug-likeness (QED) is 0.416. The van der Waals surface area contributed by atoms with Crippen molar-refractivity contribution in [2.24, 2.45) is 0 Å². The largest absolute Gasteiger partial charge is 0.257 e. The molecule has 0 atom stereocenters. The van der Waals surface area contributed by atoms with Gasteiger partial charge in [-0.05, 0) is 29.4 Å². The molecule has 0 aromatic carbocycles. The lowest BCUT2D eigenvalue weighted by Gasteiger charge is -1.98. The van der Waals surface area contributed by atoms with E-state index in [0.29, 0.717) is 0 Å². The predicted molar refractivity (Wildman–Crippen MR) is 74.4 cm³/mol. The van der Waals surface area contributed by atoms with Crippen molar-refractivity contribution in [2.75, 3.05) is 5.75 Å². The van der Waals surface area contributed by atoms with Gasteiger partial charge in [0.15, 0.2) is 8.29 Å². The zero-order chi connectivity index (χ0) is 10.9. The molecular formula is C9H16N2S4. The molecule has 1 heterocycles. The third-order valence-electron chi connectivity index (χ3n) is 1.88. The molecule has 0 aliphatic carbocycles. The SMILES string of the molecule is CCCCCCCSSc1n[nH]c(=S)s1. The van der Waals surface area contributed by atoms with Gasteiger partial charge in [-0.2, -0.15) is 5.10 Å². The van der Waals surface area contributed by atoms with Crippen LogP contribution in [0.25, 0.3) is 0 Å². The van der Waals surface area contributed by atoms with Crippen molar-refractivity contribution in [3.05, 3.63) is 3.95 Å². The zero-order valence-corrected chi connectivity index (χ0v) is 12.1. The van der Waals surface area contributed by atoms with Crippen LogP contribution in [0.3, 0.4) is 0 Å². The summed E-state index contributed by atoms with van der Waals surface area (Å²) in [5.41, 5.74) is 0. The highest BCUT2D eigenvalue weighted by molar-refractivity contribution is 8.77. The van der Waals surface area contributed by atoms with Gasteiger partial charge in [0.05, 0.1) is 0 Å². The number of rotatable bonds is 8.